The fraction of sp³-hybridized carbons (Fsp3) is 0.471. The second kappa shape index (κ2) is 7.32. The third-order valence-electron chi connectivity index (χ3n) is 4.31. The monoisotopic (exact) mass is 348 g/mol. The first-order valence-electron chi connectivity index (χ1n) is 8.16. The number of hydrogen-bond acceptors (Lipinski definition) is 4. The molecule has 0 saturated carbocycles. The van der Waals surface area contributed by atoms with Crippen LogP contribution in [0.15, 0.2) is 18.2 Å². The molecule has 0 bridgehead atoms. The van der Waals surface area contributed by atoms with E-state index in [9.17, 15) is 4.79 Å². The molecule has 2 heterocycles. The van der Waals surface area contributed by atoms with Crippen molar-refractivity contribution in [1.82, 2.24) is 14.8 Å². The number of aryl methyl sites for hydroxylation is 1. The first-order chi connectivity index (χ1) is 11.6. The Bertz CT molecular complexity index is 744. The van der Waals surface area contributed by atoms with Crippen molar-refractivity contribution in [2.24, 2.45) is 0 Å². The number of aromatic nitrogens is 3. The highest BCUT2D eigenvalue weighted by molar-refractivity contribution is 6.33. The van der Waals surface area contributed by atoms with Crippen molar-refractivity contribution in [1.29, 1.82) is 0 Å². The van der Waals surface area contributed by atoms with Gasteiger partial charge in [-0.05, 0) is 38.0 Å². The maximum atomic E-state index is 12.0. The fourth-order valence-electron chi connectivity index (χ4n) is 2.80. The summed E-state index contributed by atoms with van der Waals surface area (Å²) in [4.78, 5) is 12.0. The smallest absolute Gasteiger partial charge is 0.253 e. The van der Waals surface area contributed by atoms with Crippen molar-refractivity contribution in [3.8, 4) is 11.4 Å². The van der Waals surface area contributed by atoms with Crippen LogP contribution in [0.4, 0.5) is 5.69 Å². The van der Waals surface area contributed by atoms with Gasteiger partial charge in [-0.15, -0.1) is 10.2 Å². The van der Waals surface area contributed by atoms with Crippen molar-refractivity contribution in [3.05, 3.63) is 29.0 Å². The molecule has 0 aliphatic carbocycles. The Hall–Kier alpha value is -1.92. The van der Waals surface area contributed by atoms with Gasteiger partial charge >= 0.3 is 0 Å². The molecule has 1 amide bonds. The van der Waals surface area contributed by atoms with Crippen LogP contribution in [-0.4, -0.2) is 33.9 Å². The highest BCUT2D eigenvalue weighted by Gasteiger charge is 2.18. The Labute approximate surface area is 146 Å². The molecule has 0 saturated heterocycles. The number of methoxy groups -OCH3 is 1. The second-order valence-electron chi connectivity index (χ2n) is 5.96. The number of rotatable bonds is 4. The van der Waals surface area contributed by atoms with Crippen LogP contribution in [-0.2, 0) is 22.5 Å². The maximum absolute atomic E-state index is 12.0. The average molecular weight is 349 g/mol. The molecule has 1 unspecified atom stereocenters. The van der Waals surface area contributed by atoms with Gasteiger partial charge in [0.05, 0.1) is 10.7 Å². The van der Waals surface area contributed by atoms with Crippen LogP contribution >= 0.6 is 11.6 Å². The van der Waals surface area contributed by atoms with E-state index in [1.165, 1.54) is 13.5 Å². The molecule has 1 atom stereocenters. The number of benzene rings is 1. The van der Waals surface area contributed by atoms with Gasteiger partial charge in [0.15, 0.2) is 5.82 Å². The standard InChI is InChI=1S/C17H21ClN4O2/c1-11(24-2)17(23)19-14-10-12(7-8-13(14)18)16-21-20-15-6-4-3-5-9-22(15)16/h7-8,10-11H,3-6,9H2,1-2H3,(H,19,23). The number of carbonyl (C=O) groups excluding carboxylic acids is 1. The van der Waals surface area contributed by atoms with Gasteiger partial charge in [0.1, 0.15) is 11.9 Å². The summed E-state index contributed by atoms with van der Waals surface area (Å²) in [6, 6.07) is 5.51. The third-order valence-corrected chi connectivity index (χ3v) is 4.64. The summed E-state index contributed by atoms with van der Waals surface area (Å²) in [6.07, 6.45) is 3.89. The number of nitrogens with one attached hydrogen (secondary N) is 1. The quantitative estimate of drug-likeness (QED) is 0.920. The second-order valence-corrected chi connectivity index (χ2v) is 6.37. The zero-order valence-electron chi connectivity index (χ0n) is 13.9. The van der Waals surface area contributed by atoms with Crippen LogP contribution in [0.5, 0.6) is 0 Å². The van der Waals surface area contributed by atoms with E-state index in [1.807, 2.05) is 12.1 Å². The zero-order valence-corrected chi connectivity index (χ0v) is 14.6. The highest BCUT2D eigenvalue weighted by Crippen LogP contribution is 2.29. The van der Waals surface area contributed by atoms with Gasteiger partial charge in [0, 0.05) is 25.6 Å². The number of halogens is 1. The molecule has 1 aliphatic rings. The van der Waals surface area contributed by atoms with Crippen molar-refractivity contribution >= 4 is 23.2 Å². The molecule has 1 aromatic carbocycles. The summed E-state index contributed by atoms with van der Waals surface area (Å²) in [5, 5.41) is 11.9. The van der Waals surface area contributed by atoms with E-state index in [4.69, 9.17) is 16.3 Å². The predicted molar refractivity (Wildman–Crippen MR) is 93.1 cm³/mol. The molecule has 3 rings (SSSR count). The van der Waals surface area contributed by atoms with Gasteiger partial charge < -0.3 is 14.6 Å². The van der Waals surface area contributed by atoms with Crippen LogP contribution in [0.2, 0.25) is 5.02 Å². The Morgan fingerprint density at radius 1 is 1.33 bits per heavy atom. The lowest BCUT2D eigenvalue weighted by molar-refractivity contribution is -0.124. The van der Waals surface area contributed by atoms with E-state index in [-0.39, 0.29) is 5.91 Å². The number of carbonyl (C=O) groups is 1. The normalized spacial score (nSPS) is 15.5. The Morgan fingerprint density at radius 3 is 2.96 bits per heavy atom. The topological polar surface area (TPSA) is 69.0 Å². The minimum Gasteiger partial charge on any atom is -0.372 e. The minimum absolute atomic E-state index is 0.239. The minimum atomic E-state index is -0.547. The predicted octanol–water partition coefficient (Wildman–Crippen LogP) is 3.30. The molecule has 24 heavy (non-hydrogen) atoms. The molecular formula is C17H21ClN4O2. The number of fused-ring (bicyclic) bond motifs is 1. The summed E-state index contributed by atoms with van der Waals surface area (Å²) >= 11 is 6.22. The molecule has 128 valence electrons. The third kappa shape index (κ3) is 3.44. The molecule has 0 radical (unpaired) electrons. The van der Waals surface area contributed by atoms with Crippen LogP contribution in [0.25, 0.3) is 11.4 Å². The lowest BCUT2D eigenvalue weighted by Crippen LogP contribution is -2.26. The average Bonchev–Trinajstić information content (AvgIpc) is 2.84. The highest BCUT2D eigenvalue weighted by atomic mass is 35.5. The van der Waals surface area contributed by atoms with E-state index < -0.39 is 6.10 Å². The van der Waals surface area contributed by atoms with Crippen molar-refractivity contribution in [2.75, 3.05) is 12.4 Å². The molecule has 0 fully saturated rings. The van der Waals surface area contributed by atoms with Crippen LogP contribution in [0.3, 0.4) is 0 Å². The maximum Gasteiger partial charge on any atom is 0.253 e. The zero-order chi connectivity index (χ0) is 17.1. The van der Waals surface area contributed by atoms with E-state index in [2.05, 4.69) is 20.1 Å². The number of ether oxygens (including phenoxy) is 1. The Morgan fingerprint density at radius 2 is 2.17 bits per heavy atom. The SMILES string of the molecule is COC(C)C(=O)Nc1cc(-c2nnc3n2CCCCC3)ccc1Cl. The molecule has 2 aromatic rings. The van der Waals surface area contributed by atoms with Gasteiger partial charge in [-0.25, -0.2) is 0 Å². The molecule has 1 N–H and O–H groups in total. The lowest BCUT2D eigenvalue weighted by Gasteiger charge is -2.13. The van der Waals surface area contributed by atoms with Gasteiger partial charge in [-0.1, -0.05) is 18.0 Å². The van der Waals surface area contributed by atoms with Crippen molar-refractivity contribution in [3.63, 3.8) is 0 Å². The van der Waals surface area contributed by atoms with Gasteiger partial charge in [-0.3, -0.25) is 4.79 Å². The summed E-state index contributed by atoms with van der Waals surface area (Å²) in [5.74, 6) is 1.60. The summed E-state index contributed by atoms with van der Waals surface area (Å²) in [6.45, 7) is 2.61. The first-order valence-corrected chi connectivity index (χ1v) is 8.53. The number of nitrogens with zero attached hydrogens (tertiary/aromatic N) is 3. The summed E-state index contributed by atoms with van der Waals surface area (Å²) < 4.78 is 7.20. The van der Waals surface area contributed by atoms with Crippen LogP contribution in [0, 0.1) is 0 Å². The molecule has 0 spiro atoms. The van der Waals surface area contributed by atoms with E-state index in [1.54, 1.807) is 13.0 Å². The van der Waals surface area contributed by atoms with Gasteiger partial charge in [-0.2, -0.15) is 0 Å². The molecule has 7 heteroatoms. The summed E-state index contributed by atoms with van der Waals surface area (Å²) in [7, 11) is 1.49. The fourth-order valence-corrected chi connectivity index (χ4v) is 2.96. The van der Waals surface area contributed by atoms with E-state index >= 15 is 0 Å². The van der Waals surface area contributed by atoms with Gasteiger partial charge in [0.25, 0.3) is 5.91 Å². The van der Waals surface area contributed by atoms with Crippen LogP contribution < -0.4 is 5.32 Å². The first kappa shape index (κ1) is 16.9. The Balaban J connectivity index is 1.91. The summed E-state index contributed by atoms with van der Waals surface area (Å²) in [5.41, 5.74) is 1.44. The number of anilines is 1. The van der Waals surface area contributed by atoms with Crippen molar-refractivity contribution in [2.45, 2.75) is 45.3 Å². The number of amides is 1. The largest absolute Gasteiger partial charge is 0.372 e. The number of hydrogen-bond donors (Lipinski definition) is 1. The lowest BCUT2D eigenvalue weighted by atomic mass is 10.1. The van der Waals surface area contributed by atoms with Gasteiger partial charge in [0.2, 0.25) is 0 Å². The van der Waals surface area contributed by atoms with Crippen molar-refractivity contribution < 1.29 is 9.53 Å². The molecule has 1 aromatic heterocycles. The van der Waals surface area contributed by atoms with E-state index in [0.717, 1.165) is 43.0 Å². The Kier molecular flexibility index (Phi) is 5.16. The molecule has 6 nitrogen and oxygen atoms in total. The van der Waals surface area contributed by atoms with E-state index in [0.29, 0.717) is 10.7 Å². The molecular weight excluding hydrogens is 328 g/mol. The molecule has 1 aliphatic heterocycles. The van der Waals surface area contributed by atoms with Crippen LogP contribution in [0.1, 0.15) is 32.0 Å².